The van der Waals surface area contributed by atoms with Gasteiger partial charge in [-0.15, -0.1) is 24.0 Å². The van der Waals surface area contributed by atoms with Crippen molar-refractivity contribution in [3.8, 4) is 0 Å². The van der Waals surface area contributed by atoms with Gasteiger partial charge in [0.15, 0.2) is 5.96 Å². The molecule has 0 spiro atoms. The fourth-order valence-electron chi connectivity index (χ4n) is 3.66. The van der Waals surface area contributed by atoms with Crippen LogP contribution in [0, 0.1) is 0 Å². The quantitative estimate of drug-likeness (QED) is 0.379. The molecule has 0 bridgehead atoms. The van der Waals surface area contributed by atoms with Gasteiger partial charge in [0.2, 0.25) is 0 Å². The van der Waals surface area contributed by atoms with Gasteiger partial charge < -0.3 is 19.7 Å². The van der Waals surface area contributed by atoms with Crippen LogP contribution >= 0.6 is 24.0 Å². The number of hydrogen-bond donors (Lipinski definition) is 1. The zero-order chi connectivity index (χ0) is 18.2. The van der Waals surface area contributed by atoms with Gasteiger partial charge in [0.05, 0.1) is 19.8 Å². The number of benzene rings is 1. The van der Waals surface area contributed by atoms with E-state index in [9.17, 15) is 0 Å². The van der Waals surface area contributed by atoms with Crippen LogP contribution in [-0.2, 0) is 22.6 Å². The highest BCUT2D eigenvalue weighted by atomic mass is 127. The van der Waals surface area contributed by atoms with Gasteiger partial charge in [0.25, 0.3) is 0 Å². The summed E-state index contributed by atoms with van der Waals surface area (Å²) < 4.78 is 10.9. The minimum absolute atomic E-state index is 0. The van der Waals surface area contributed by atoms with E-state index in [0.717, 1.165) is 58.5 Å². The maximum Gasteiger partial charge on any atom is 0.193 e. The molecule has 0 aliphatic carbocycles. The second-order valence-corrected chi connectivity index (χ2v) is 6.89. The Kier molecular flexibility index (Phi) is 9.81. The van der Waals surface area contributed by atoms with E-state index in [1.807, 2.05) is 14.0 Å². The largest absolute Gasteiger partial charge is 0.379 e. The molecule has 3 rings (SSSR count). The number of likely N-dealkylation sites (tertiary alicyclic amines) is 1. The average Bonchev–Trinajstić information content (AvgIpc) is 3.18. The van der Waals surface area contributed by atoms with Crippen LogP contribution in [-0.4, -0.2) is 74.8 Å². The molecule has 1 atom stereocenters. The molecule has 1 unspecified atom stereocenters. The second-order valence-electron chi connectivity index (χ2n) is 6.89. The van der Waals surface area contributed by atoms with E-state index in [1.54, 1.807) is 0 Å². The van der Waals surface area contributed by atoms with Crippen molar-refractivity contribution in [1.29, 1.82) is 0 Å². The van der Waals surface area contributed by atoms with Crippen LogP contribution in [0.15, 0.2) is 29.3 Å². The number of nitrogens with one attached hydrogen (secondary N) is 1. The van der Waals surface area contributed by atoms with Gasteiger partial charge in [-0.3, -0.25) is 9.89 Å². The summed E-state index contributed by atoms with van der Waals surface area (Å²) in [5.74, 6) is 0.999. The molecule has 0 saturated carbocycles. The predicted octanol–water partition coefficient (Wildman–Crippen LogP) is 2.32. The summed E-state index contributed by atoms with van der Waals surface area (Å²) in [6.07, 6.45) is 1.20. The van der Waals surface area contributed by atoms with E-state index in [1.165, 1.54) is 17.5 Å². The van der Waals surface area contributed by atoms with Crippen LogP contribution < -0.4 is 5.32 Å². The van der Waals surface area contributed by atoms with Crippen molar-refractivity contribution in [1.82, 2.24) is 15.1 Å². The van der Waals surface area contributed by atoms with Crippen LogP contribution in [0.2, 0.25) is 0 Å². The number of nitrogens with zero attached hydrogens (tertiary/aromatic N) is 3. The van der Waals surface area contributed by atoms with Crippen molar-refractivity contribution in [2.45, 2.75) is 32.5 Å². The molecule has 6 nitrogen and oxygen atoms in total. The zero-order valence-electron chi connectivity index (χ0n) is 16.5. The number of ether oxygens (including phenoxy) is 2. The van der Waals surface area contributed by atoms with Crippen molar-refractivity contribution in [2.75, 3.05) is 53.0 Å². The molecule has 2 aliphatic rings. The molecule has 152 valence electrons. The fourth-order valence-corrected chi connectivity index (χ4v) is 3.66. The Morgan fingerprint density at radius 1 is 1.19 bits per heavy atom. The van der Waals surface area contributed by atoms with Crippen molar-refractivity contribution in [2.24, 2.45) is 4.99 Å². The van der Waals surface area contributed by atoms with E-state index in [-0.39, 0.29) is 24.0 Å². The summed E-state index contributed by atoms with van der Waals surface area (Å²) in [5, 5.41) is 3.52. The molecular weight excluding hydrogens is 455 g/mol. The van der Waals surface area contributed by atoms with E-state index < -0.39 is 0 Å². The number of morpholine rings is 1. The zero-order valence-corrected chi connectivity index (χ0v) is 18.9. The van der Waals surface area contributed by atoms with E-state index in [2.05, 4.69) is 44.4 Å². The number of aliphatic imine (C=N–C) groups is 1. The Hall–Kier alpha value is -0.900. The molecule has 27 heavy (non-hydrogen) atoms. The smallest absolute Gasteiger partial charge is 0.193 e. The second kappa shape index (κ2) is 11.8. The lowest BCUT2D eigenvalue weighted by Gasteiger charge is -2.32. The number of hydrogen-bond acceptors (Lipinski definition) is 4. The van der Waals surface area contributed by atoms with Crippen LogP contribution in [0.1, 0.15) is 24.5 Å². The van der Waals surface area contributed by atoms with E-state index >= 15 is 0 Å². The Morgan fingerprint density at radius 2 is 1.89 bits per heavy atom. The topological polar surface area (TPSA) is 49.3 Å². The molecule has 1 aromatic rings. The lowest BCUT2D eigenvalue weighted by atomic mass is 10.1. The van der Waals surface area contributed by atoms with Gasteiger partial charge in [0, 0.05) is 52.4 Å². The molecule has 1 aromatic carbocycles. The molecular formula is C20H33IN4O2. The van der Waals surface area contributed by atoms with Gasteiger partial charge in [0.1, 0.15) is 0 Å². The third-order valence-corrected chi connectivity index (χ3v) is 5.18. The maximum atomic E-state index is 5.47. The van der Waals surface area contributed by atoms with Gasteiger partial charge in [-0.05, 0) is 24.5 Å². The Bertz CT molecular complexity index is 576. The highest BCUT2D eigenvalue weighted by Crippen LogP contribution is 2.17. The molecule has 2 saturated heterocycles. The average molecular weight is 488 g/mol. The summed E-state index contributed by atoms with van der Waals surface area (Å²) >= 11 is 0. The summed E-state index contributed by atoms with van der Waals surface area (Å²) in [6.45, 7) is 10.2. The number of halogens is 1. The SMILES string of the molecule is CCOCc1ccc(CNC(=NC)N2CCC(N3CCOCC3)C2)cc1.I. The summed E-state index contributed by atoms with van der Waals surface area (Å²) in [5.41, 5.74) is 2.48. The van der Waals surface area contributed by atoms with Gasteiger partial charge >= 0.3 is 0 Å². The van der Waals surface area contributed by atoms with Crippen molar-refractivity contribution in [3.05, 3.63) is 35.4 Å². The minimum atomic E-state index is 0. The molecule has 2 heterocycles. The molecule has 1 N–H and O–H groups in total. The standard InChI is InChI=1S/C20H32N4O2.HI/c1-3-25-16-18-6-4-17(5-7-18)14-22-20(21-2)24-9-8-19(15-24)23-10-12-26-13-11-23;/h4-7,19H,3,8-16H2,1-2H3,(H,21,22);1H. The van der Waals surface area contributed by atoms with Crippen LogP contribution in [0.25, 0.3) is 0 Å². The molecule has 0 amide bonds. The normalized spacial score (nSPS) is 21.2. The lowest BCUT2D eigenvalue weighted by molar-refractivity contribution is 0.0195. The first-order valence-electron chi connectivity index (χ1n) is 9.73. The van der Waals surface area contributed by atoms with E-state index in [4.69, 9.17) is 9.47 Å². The molecule has 2 aliphatic heterocycles. The highest BCUT2D eigenvalue weighted by Gasteiger charge is 2.30. The third kappa shape index (κ3) is 6.58. The summed E-state index contributed by atoms with van der Waals surface area (Å²) in [6, 6.07) is 9.22. The van der Waals surface area contributed by atoms with Gasteiger partial charge in [-0.1, -0.05) is 24.3 Å². The van der Waals surface area contributed by atoms with Crippen molar-refractivity contribution in [3.63, 3.8) is 0 Å². The van der Waals surface area contributed by atoms with Gasteiger partial charge in [-0.25, -0.2) is 0 Å². The fraction of sp³-hybridized carbons (Fsp3) is 0.650. The van der Waals surface area contributed by atoms with Crippen molar-refractivity contribution >= 4 is 29.9 Å². The third-order valence-electron chi connectivity index (χ3n) is 5.18. The highest BCUT2D eigenvalue weighted by molar-refractivity contribution is 14.0. The van der Waals surface area contributed by atoms with Crippen LogP contribution in [0.4, 0.5) is 0 Å². The Balaban J connectivity index is 0.00000261. The Morgan fingerprint density at radius 3 is 2.56 bits per heavy atom. The van der Waals surface area contributed by atoms with Crippen molar-refractivity contribution < 1.29 is 9.47 Å². The molecule has 0 aromatic heterocycles. The van der Waals surface area contributed by atoms with Crippen LogP contribution in [0.3, 0.4) is 0 Å². The minimum Gasteiger partial charge on any atom is -0.379 e. The van der Waals surface area contributed by atoms with Crippen LogP contribution in [0.5, 0.6) is 0 Å². The Labute approximate surface area is 180 Å². The number of guanidine groups is 1. The molecule has 7 heteroatoms. The van der Waals surface area contributed by atoms with E-state index in [0.29, 0.717) is 12.6 Å². The summed E-state index contributed by atoms with van der Waals surface area (Å²) in [4.78, 5) is 9.43. The molecule has 0 radical (unpaired) electrons. The lowest BCUT2D eigenvalue weighted by Crippen LogP contribution is -2.46. The number of rotatable bonds is 6. The predicted molar refractivity (Wildman–Crippen MR) is 120 cm³/mol. The maximum absolute atomic E-state index is 5.47. The summed E-state index contributed by atoms with van der Waals surface area (Å²) in [7, 11) is 1.87. The first kappa shape index (κ1) is 22.4. The molecule has 2 fully saturated rings. The monoisotopic (exact) mass is 488 g/mol. The first-order chi connectivity index (χ1) is 12.8. The van der Waals surface area contributed by atoms with Gasteiger partial charge in [-0.2, -0.15) is 0 Å². The first-order valence-corrected chi connectivity index (χ1v) is 9.73.